The van der Waals surface area contributed by atoms with Gasteiger partial charge in [0.15, 0.2) is 16.9 Å². The van der Waals surface area contributed by atoms with Crippen molar-refractivity contribution in [2.75, 3.05) is 18.1 Å². The summed E-state index contributed by atoms with van der Waals surface area (Å²) in [5.74, 6) is 1.48. The van der Waals surface area contributed by atoms with E-state index in [1.165, 1.54) is 0 Å². The molecule has 1 aromatic heterocycles. The van der Waals surface area contributed by atoms with Gasteiger partial charge in [-0.3, -0.25) is 14.5 Å². The number of anilines is 1. The highest BCUT2D eigenvalue weighted by Crippen LogP contribution is 2.43. The summed E-state index contributed by atoms with van der Waals surface area (Å²) in [6.45, 7) is 13.2. The molecule has 3 aromatic carbocycles. The van der Waals surface area contributed by atoms with Gasteiger partial charge in [-0.2, -0.15) is 0 Å². The lowest BCUT2D eigenvalue weighted by atomic mass is 9.97. The van der Waals surface area contributed by atoms with E-state index in [0.29, 0.717) is 52.9 Å². The Hall–Kier alpha value is -4.06. The number of carbonyl (C=O) groups is 1. The fourth-order valence-electron chi connectivity index (χ4n) is 5.03. The highest BCUT2D eigenvalue weighted by Gasteiger charge is 2.44. The molecule has 1 unspecified atom stereocenters. The molecule has 0 radical (unpaired) electrons. The molecule has 0 spiro atoms. The van der Waals surface area contributed by atoms with E-state index in [2.05, 4.69) is 13.8 Å². The molecule has 5 rings (SSSR count). The third kappa shape index (κ3) is 4.91. The van der Waals surface area contributed by atoms with Crippen LogP contribution in [0.1, 0.15) is 71.6 Å². The van der Waals surface area contributed by atoms with E-state index >= 15 is 0 Å². The molecule has 0 fully saturated rings. The van der Waals surface area contributed by atoms with Gasteiger partial charge in [0.1, 0.15) is 5.58 Å². The zero-order valence-electron chi connectivity index (χ0n) is 23.5. The van der Waals surface area contributed by atoms with Gasteiger partial charge in [0.25, 0.3) is 5.91 Å². The van der Waals surface area contributed by atoms with Gasteiger partial charge in [-0.05, 0) is 93.1 Å². The molecule has 0 aliphatic carbocycles. The largest absolute Gasteiger partial charge is 0.490 e. The highest BCUT2D eigenvalue weighted by molar-refractivity contribution is 6.10. The second-order valence-corrected chi connectivity index (χ2v) is 10.7. The summed E-state index contributed by atoms with van der Waals surface area (Å²) < 4.78 is 18.2. The van der Waals surface area contributed by atoms with Gasteiger partial charge in [-0.25, -0.2) is 0 Å². The van der Waals surface area contributed by atoms with E-state index < -0.39 is 6.04 Å². The number of ether oxygens (including phenoxy) is 2. The van der Waals surface area contributed by atoms with E-state index in [1.807, 2.05) is 76.2 Å². The van der Waals surface area contributed by atoms with Crippen LogP contribution in [0.3, 0.4) is 0 Å². The molecule has 1 aliphatic heterocycles. The number of nitrogens with zero attached hydrogens (tertiary/aromatic N) is 1. The molecule has 0 N–H and O–H groups in total. The van der Waals surface area contributed by atoms with E-state index in [1.54, 1.807) is 11.0 Å². The molecule has 1 atom stereocenters. The number of rotatable bonds is 8. The molecule has 1 amide bonds. The maximum absolute atomic E-state index is 14.0. The van der Waals surface area contributed by atoms with Gasteiger partial charge >= 0.3 is 0 Å². The molecule has 202 valence electrons. The predicted octanol–water partition coefficient (Wildman–Crippen LogP) is 7.29. The maximum atomic E-state index is 14.0. The summed E-state index contributed by atoms with van der Waals surface area (Å²) in [6.07, 6.45) is 0.923. The molecular weight excluding hydrogens is 490 g/mol. The van der Waals surface area contributed by atoms with Crippen molar-refractivity contribution in [3.63, 3.8) is 0 Å². The van der Waals surface area contributed by atoms with Crippen LogP contribution >= 0.6 is 0 Å². The number of fused-ring (bicyclic) bond motifs is 2. The van der Waals surface area contributed by atoms with Crippen molar-refractivity contribution in [3.05, 3.63) is 98.4 Å². The third-order valence-corrected chi connectivity index (χ3v) is 7.33. The minimum absolute atomic E-state index is 0.0785. The summed E-state index contributed by atoms with van der Waals surface area (Å²) >= 11 is 0. The number of hydrogen-bond acceptors (Lipinski definition) is 5. The number of aryl methyl sites for hydroxylation is 3. The minimum atomic E-state index is -0.681. The second-order valence-electron chi connectivity index (χ2n) is 10.7. The molecular formula is C33H35NO5. The molecule has 39 heavy (non-hydrogen) atoms. The van der Waals surface area contributed by atoms with Crippen molar-refractivity contribution < 1.29 is 18.7 Å². The van der Waals surface area contributed by atoms with Crippen molar-refractivity contribution in [3.8, 4) is 11.5 Å². The van der Waals surface area contributed by atoms with Gasteiger partial charge in [0.05, 0.1) is 30.2 Å². The lowest BCUT2D eigenvalue weighted by Crippen LogP contribution is -2.29. The number of carbonyl (C=O) groups excluding carboxylic acids is 1. The number of benzene rings is 3. The van der Waals surface area contributed by atoms with Crippen molar-refractivity contribution in [2.45, 2.75) is 54.0 Å². The van der Waals surface area contributed by atoms with Crippen molar-refractivity contribution in [1.82, 2.24) is 0 Å². The van der Waals surface area contributed by atoms with Crippen molar-refractivity contribution >= 4 is 22.6 Å². The van der Waals surface area contributed by atoms with Gasteiger partial charge in [0.2, 0.25) is 5.76 Å². The third-order valence-electron chi connectivity index (χ3n) is 7.33. The topological polar surface area (TPSA) is 69.0 Å². The van der Waals surface area contributed by atoms with Crippen LogP contribution in [0, 0.1) is 26.7 Å². The SMILES string of the molecule is CCOc1cc(C2c3c(oc4ccc(C)cc4c3=O)C(=O)N2c2ccc(C)c(C)c2)ccc1OCCC(C)C. The number of amides is 1. The van der Waals surface area contributed by atoms with Crippen LogP contribution in [0.2, 0.25) is 0 Å². The van der Waals surface area contributed by atoms with Crippen molar-refractivity contribution in [1.29, 1.82) is 0 Å². The van der Waals surface area contributed by atoms with Crippen LogP contribution in [-0.2, 0) is 0 Å². The van der Waals surface area contributed by atoms with Crippen molar-refractivity contribution in [2.24, 2.45) is 5.92 Å². The Labute approximate surface area is 229 Å². The maximum Gasteiger partial charge on any atom is 0.295 e. The smallest absolute Gasteiger partial charge is 0.295 e. The molecule has 0 saturated carbocycles. The Bertz CT molecular complexity index is 1620. The molecule has 6 nitrogen and oxygen atoms in total. The highest BCUT2D eigenvalue weighted by atomic mass is 16.5. The molecule has 1 aliphatic rings. The Balaban J connectivity index is 1.70. The lowest BCUT2D eigenvalue weighted by molar-refractivity contribution is 0.0971. The summed E-state index contributed by atoms with van der Waals surface area (Å²) in [6, 6.07) is 16.3. The van der Waals surface area contributed by atoms with Crippen LogP contribution in [0.4, 0.5) is 5.69 Å². The lowest BCUT2D eigenvalue weighted by Gasteiger charge is -2.26. The Morgan fingerprint density at radius 3 is 2.41 bits per heavy atom. The van der Waals surface area contributed by atoms with Gasteiger partial charge in [-0.15, -0.1) is 0 Å². The van der Waals surface area contributed by atoms with E-state index in [-0.39, 0.29) is 17.1 Å². The van der Waals surface area contributed by atoms with Crippen LogP contribution < -0.4 is 19.8 Å². The summed E-state index contributed by atoms with van der Waals surface area (Å²) in [5.41, 5.74) is 5.12. The van der Waals surface area contributed by atoms with Gasteiger partial charge in [-0.1, -0.05) is 37.6 Å². The van der Waals surface area contributed by atoms with Crippen LogP contribution in [0.25, 0.3) is 11.0 Å². The Morgan fingerprint density at radius 2 is 1.69 bits per heavy atom. The van der Waals surface area contributed by atoms with E-state index in [4.69, 9.17) is 13.9 Å². The molecule has 4 aromatic rings. The van der Waals surface area contributed by atoms with Crippen LogP contribution in [0.15, 0.2) is 63.8 Å². The quantitative estimate of drug-likeness (QED) is 0.242. The van der Waals surface area contributed by atoms with E-state index in [9.17, 15) is 9.59 Å². The Morgan fingerprint density at radius 1 is 0.897 bits per heavy atom. The normalized spacial score (nSPS) is 14.8. The molecule has 0 bridgehead atoms. The van der Waals surface area contributed by atoms with E-state index in [0.717, 1.165) is 28.7 Å². The molecule has 0 saturated heterocycles. The predicted molar refractivity (Wildman–Crippen MR) is 154 cm³/mol. The van der Waals surface area contributed by atoms with Crippen LogP contribution in [0.5, 0.6) is 11.5 Å². The second kappa shape index (κ2) is 10.6. The first-order valence-corrected chi connectivity index (χ1v) is 13.6. The number of hydrogen-bond donors (Lipinski definition) is 0. The van der Waals surface area contributed by atoms with Gasteiger partial charge < -0.3 is 13.9 Å². The minimum Gasteiger partial charge on any atom is -0.490 e. The summed E-state index contributed by atoms with van der Waals surface area (Å²) in [5, 5.41) is 0.465. The average Bonchev–Trinajstić information content (AvgIpc) is 3.19. The zero-order valence-corrected chi connectivity index (χ0v) is 23.5. The Kier molecular flexibility index (Phi) is 7.21. The monoisotopic (exact) mass is 525 g/mol. The standard InChI is InChI=1S/C33H35NO5/c1-7-37-28-18-23(10-13-27(28)38-15-14-19(2)3)30-29-31(35)25-16-20(4)8-12-26(25)39-32(29)33(36)34(30)24-11-9-21(5)22(6)17-24/h8-13,16-19,30H,7,14-15H2,1-6H3. The van der Waals surface area contributed by atoms with Crippen LogP contribution in [-0.4, -0.2) is 19.1 Å². The molecule has 2 heterocycles. The zero-order chi connectivity index (χ0) is 27.8. The molecule has 6 heteroatoms. The van der Waals surface area contributed by atoms with Gasteiger partial charge in [0, 0.05) is 5.69 Å². The summed E-state index contributed by atoms with van der Waals surface area (Å²) in [4.78, 5) is 29.6. The average molecular weight is 526 g/mol. The fourth-order valence-corrected chi connectivity index (χ4v) is 5.03. The first kappa shape index (κ1) is 26.5. The first-order chi connectivity index (χ1) is 18.7. The fraction of sp³-hybridized carbons (Fsp3) is 0.333. The first-order valence-electron chi connectivity index (χ1n) is 13.6. The summed E-state index contributed by atoms with van der Waals surface area (Å²) in [7, 11) is 0.